The molecule has 1 unspecified atom stereocenters. The van der Waals surface area contributed by atoms with Crippen LogP contribution in [0.1, 0.15) is 25.3 Å². The minimum absolute atomic E-state index is 0.173. The molecule has 0 amide bonds. The Bertz CT molecular complexity index is 415. The summed E-state index contributed by atoms with van der Waals surface area (Å²) in [5, 5.41) is 3.26. The summed E-state index contributed by atoms with van der Waals surface area (Å²) in [5.41, 5.74) is 0.173. The average Bonchev–Trinajstić information content (AvgIpc) is 2.43. The van der Waals surface area contributed by atoms with Gasteiger partial charge in [-0.05, 0) is 53.4 Å². The van der Waals surface area contributed by atoms with Gasteiger partial charge in [0.15, 0.2) is 0 Å². The lowest BCUT2D eigenvalue weighted by atomic mass is 9.94. The summed E-state index contributed by atoms with van der Waals surface area (Å²) in [5.74, 6) is -0.734. The predicted octanol–water partition coefficient (Wildman–Crippen LogP) is 3.92. The fraction of sp³-hybridized carbons (Fsp3) is 0.600. The van der Waals surface area contributed by atoms with Gasteiger partial charge in [0, 0.05) is 19.2 Å². The second kappa shape index (κ2) is 9.42. The molecule has 0 fully saturated rings. The van der Waals surface area contributed by atoms with E-state index in [4.69, 9.17) is 4.74 Å². The van der Waals surface area contributed by atoms with E-state index in [1.54, 1.807) is 7.11 Å². The summed E-state index contributed by atoms with van der Waals surface area (Å²) < 4.78 is 33.0. The van der Waals surface area contributed by atoms with Gasteiger partial charge >= 0.3 is 0 Å². The van der Waals surface area contributed by atoms with Gasteiger partial charge < -0.3 is 10.1 Å². The van der Waals surface area contributed by atoms with Crippen LogP contribution in [0.25, 0.3) is 0 Å². The van der Waals surface area contributed by atoms with Crippen LogP contribution in [-0.4, -0.2) is 26.8 Å². The normalized spacial score (nSPS) is 12.7. The number of hydrogen-bond donors (Lipinski definition) is 1. The Balaban J connectivity index is 2.67. The maximum Gasteiger partial charge on any atom is 0.143 e. The van der Waals surface area contributed by atoms with Crippen molar-refractivity contribution in [3.8, 4) is 0 Å². The molecule has 0 bridgehead atoms. The lowest BCUT2D eigenvalue weighted by Gasteiger charge is -2.18. The second-order valence-corrected chi connectivity index (χ2v) is 5.73. The maximum atomic E-state index is 14.0. The zero-order valence-corrected chi connectivity index (χ0v) is 13.6. The predicted molar refractivity (Wildman–Crippen MR) is 80.9 cm³/mol. The van der Waals surface area contributed by atoms with E-state index in [0.717, 1.165) is 25.9 Å². The molecule has 114 valence electrons. The smallest absolute Gasteiger partial charge is 0.143 e. The van der Waals surface area contributed by atoms with Gasteiger partial charge in [-0.2, -0.15) is 0 Å². The number of ether oxygens (including phenoxy) is 1. The molecular formula is C15H22BrF2NO. The number of halogens is 3. The van der Waals surface area contributed by atoms with E-state index in [1.807, 2.05) is 0 Å². The van der Waals surface area contributed by atoms with E-state index in [0.29, 0.717) is 17.5 Å². The Morgan fingerprint density at radius 3 is 2.75 bits per heavy atom. The highest BCUT2D eigenvalue weighted by molar-refractivity contribution is 9.10. The second-order valence-electron chi connectivity index (χ2n) is 4.88. The highest BCUT2D eigenvalue weighted by Crippen LogP contribution is 2.25. The van der Waals surface area contributed by atoms with E-state index in [9.17, 15) is 8.78 Å². The highest BCUT2D eigenvalue weighted by atomic mass is 79.9. The molecule has 0 radical (unpaired) electrons. The minimum Gasteiger partial charge on any atom is -0.383 e. The Kier molecular flexibility index (Phi) is 8.26. The van der Waals surface area contributed by atoms with E-state index in [-0.39, 0.29) is 11.5 Å². The molecule has 1 aromatic rings. The van der Waals surface area contributed by atoms with Crippen molar-refractivity contribution < 1.29 is 13.5 Å². The Morgan fingerprint density at radius 1 is 1.35 bits per heavy atom. The third kappa shape index (κ3) is 5.46. The summed E-state index contributed by atoms with van der Waals surface area (Å²) in [4.78, 5) is 0. The van der Waals surface area contributed by atoms with E-state index in [2.05, 4.69) is 28.2 Å². The van der Waals surface area contributed by atoms with Gasteiger partial charge in [-0.15, -0.1) is 0 Å². The molecular weight excluding hydrogens is 328 g/mol. The zero-order chi connectivity index (χ0) is 15.0. The standard InChI is InChI=1S/C15H22BrF2NO/c1-3-4-11(10-19-7-8-20-2)9-12-14(17)6-5-13(16)15(12)18/h5-6,11,19H,3-4,7-10H2,1-2H3. The molecule has 2 nitrogen and oxygen atoms in total. The first-order chi connectivity index (χ1) is 9.60. The Hall–Kier alpha value is -0.520. The number of methoxy groups -OCH3 is 1. The molecule has 0 aromatic heterocycles. The first-order valence-electron chi connectivity index (χ1n) is 6.92. The van der Waals surface area contributed by atoms with Crippen molar-refractivity contribution in [3.63, 3.8) is 0 Å². The molecule has 20 heavy (non-hydrogen) atoms. The van der Waals surface area contributed by atoms with Gasteiger partial charge in [-0.1, -0.05) is 13.3 Å². The molecule has 0 saturated carbocycles. The maximum absolute atomic E-state index is 14.0. The summed E-state index contributed by atoms with van der Waals surface area (Å²) in [6.07, 6.45) is 2.34. The number of benzene rings is 1. The Morgan fingerprint density at radius 2 is 2.10 bits per heavy atom. The lowest BCUT2D eigenvalue weighted by Crippen LogP contribution is -2.27. The molecule has 5 heteroatoms. The first-order valence-corrected chi connectivity index (χ1v) is 7.71. The quantitative estimate of drug-likeness (QED) is 0.538. The van der Waals surface area contributed by atoms with E-state index in [1.165, 1.54) is 12.1 Å². The van der Waals surface area contributed by atoms with E-state index >= 15 is 0 Å². The van der Waals surface area contributed by atoms with Crippen LogP contribution in [0, 0.1) is 17.6 Å². The molecule has 0 saturated heterocycles. The topological polar surface area (TPSA) is 21.3 Å². The third-order valence-corrected chi connectivity index (χ3v) is 3.86. The van der Waals surface area contributed by atoms with Crippen LogP contribution in [-0.2, 0) is 11.2 Å². The van der Waals surface area contributed by atoms with Crippen LogP contribution >= 0.6 is 15.9 Å². The van der Waals surface area contributed by atoms with Crippen molar-refractivity contribution in [1.29, 1.82) is 0 Å². The minimum atomic E-state index is -0.483. The lowest BCUT2D eigenvalue weighted by molar-refractivity contribution is 0.197. The summed E-state index contributed by atoms with van der Waals surface area (Å²) in [6.45, 7) is 4.21. The van der Waals surface area contributed by atoms with Crippen molar-refractivity contribution in [2.75, 3.05) is 26.8 Å². The molecule has 0 spiro atoms. The van der Waals surface area contributed by atoms with Crippen LogP contribution < -0.4 is 5.32 Å². The van der Waals surface area contributed by atoms with Gasteiger partial charge in [0.1, 0.15) is 11.6 Å². The average molecular weight is 350 g/mol. The Labute approximate surface area is 128 Å². The van der Waals surface area contributed by atoms with Crippen molar-refractivity contribution in [3.05, 3.63) is 33.8 Å². The molecule has 0 heterocycles. The molecule has 1 atom stereocenters. The van der Waals surface area contributed by atoms with Crippen LogP contribution in [0.4, 0.5) is 8.78 Å². The van der Waals surface area contributed by atoms with Crippen molar-refractivity contribution in [2.24, 2.45) is 5.92 Å². The monoisotopic (exact) mass is 349 g/mol. The summed E-state index contributed by atoms with van der Waals surface area (Å²) in [7, 11) is 1.65. The van der Waals surface area contributed by atoms with Crippen LogP contribution in [0.15, 0.2) is 16.6 Å². The molecule has 0 aliphatic carbocycles. The SMILES string of the molecule is CCCC(CNCCOC)Cc1c(F)ccc(Br)c1F. The van der Waals surface area contributed by atoms with Gasteiger partial charge in [0.2, 0.25) is 0 Å². The van der Waals surface area contributed by atoms with Crippen molar-refractivity contribution in [1.82, 2.24) is 5.32 Å². The molecule has 1 aromatic carbocycles. The third-order valence-electron chi connectivity index (χ3n) is 3.24. The van der Waals surface area contributed by atoms with Crippen molar-refractivity contribution >= 4 is 15.9 Å². The molecule has 1 N–H and O–H groups in total. The van der Waals surface area contributed by atoms with Gasteiger partial charge in [-0.25, -0.2) is 8.78 Å². The first kappa shape index (κ1) is 17.5. The van der Waals surface area contributed by atoms with Crippen LogP contribution in [0.5, 0.6) is 0 Å². The van der Waals surface area contributed by atoms with Gasteiger partial charge in [0.05, 0.1) is 11.1 Å². The zero-order valence-electron chi connectivity index (χ0n) is 12.0. The molecule has 0 aliphatic rings. The fourth-order valence-corrected chi connectivity index (χ4v) is 2.58. The highest BCUT2D eigenvalue weighted by Gasteiger charge is 2.17. The fourth-order valence-electron chi connectivity index (χ4n) is 2.21. The summed E-state index contributed by atoms with van der Waals surface area (Å²) in [6, 6.07) is 2.71. The molecule has 1 rings (SSSR count). The molecule has 0 aliphatic heterocycles. The number of nitrogens with one attached hydrogen (secondary N) is 1. The number of rotatable bonds is 9. The largest absolute Gasteiger partial charge is 0.383 e. The van der Waals surface area contributed by atoms with E-state index < -0.39 is 11.6 Å². The van der Waals surface area contributed by atoms with Crippen LogP contribution in [0.3, 0.4) is 0 Å². The van der Waals surface area contributed by atoms with Crippen LogP contribution in [0.2, 0.25) is 0 Å². The van der Waals surface area contributed by atoms with Crippen molar-refractivity contribution in [2.45, 2.75) is 26.2 Å². The van der Waals surface area contributed by atoms with Gasteiger partial charge in [0.25, 0.3) is 0 Å². The number of hydrogen-bond acceptors (Lipinski definition) is 2. The summed E-state index contributed by atoms with van der Waals surface area (Å²) >= 11 is 3.11. The van der Waals surface area contributed by atoms with Gasteiger partial charge in [-0.3, -0.25) is 0 Å².